The van der Waals surface area contributed by atoms with Crippen LogP contribution in [0.25, 0.3) is 10.2 Å². The number of fused-ring (bicyclic) bond motifs is 2. The fourth-order valence-corrected chi connectivity index (χ4v) is 3.50. The average molecular weight is 290 g/mol. The van der Waals surface area contributed by atoms with E-state index < -0.39 is 0 Å². The van der Waals surface area contributed by atoms with Gasteiger partial charge in [0.1, 0.15) is 0 Å². The zero-order chi connectivity index (χ0) is 13.7. The van der Waals surface area contributed by atoms with E-state index in [1.807, 2.05) is 23.7 Å². The number of hydrogen-bond acceptors (Lipinski definition) is 4. The van der Waals surface area contributed by atoms with Gasteiger partial charge in [0.05, 0.1) is 10.2 Å². The molecule has 0 atom stereocenters. The molecule has 6 heteroatoms. The minimum Gasteiger partial charge on any atom is -0.454 e. The third kappa shape index (κ3) is 1.75. The minimum absolute atomic E-state index is 0.0125. The summed E-state index contributed by atoms with van der Waals surface area (Å²) in [6.45, 7) is 0.272. The second-order valence-corrected chi connectivity index (χ2v) is 6.20. The van der Waals surface area contributed by atoms with E-state index in [-0.39, 0.29) is 18.6 Å². The lowest BCUT2D eigenvalue weighted by Gasteiger charge is -2.20. The maximum atomic E-state index is 12.0. The van der Waals surface area contributed by atoms with Crippen LogP contribution in [0.5, 0.6) is 11.5 Å². The number of hydrogen-bond donors (Lipinski definition) is 0. The van der Waals surface area contributed by atoms with Gasteiger partial charge in [-0.25, -0.2) is 0 Å². The van der Waals surface area contributed by atoms with Crippen molar-refractivity contribution in [3.05, 3.63) is 16.9 Å². The molecule has 20 heavy (non-hydrogen) atoms. The quantitative estimate of drug-likeness (QED) is 0.809. The molecule has 1 aliphatic heterocycles. The molecule has 1 amide bonds. The number of aromatic nitrogens is 1. The molecule has 104 valence electrons. The number of aryl methyl sites for hydroxylation is 1. The van der Waals surface area contributed by atoms with Gasteiger partial charge in [-0.05, 0) is 12.8 Å². The molecule has 4 rings (SSSR count). The lowest BCUT2D eigenvalue weighted by Crippen LogP contribution is -2.23. The van der Waals surface area contributed by atoms with Crippen LogP contribution in [0.3, 0.4) is 0 Å². The summed E-state index contributed by atoms with van der Waals surface area (Å²) < 4.78 is 13.8. The molecule has 2 aliphatic rings. The Kier molecular flexibility index (Phi) is 2.60. The molecule has 5 nitrogen and oxygen atoms in total. The standard InChI is InChI=1S/C14H14N2O3S/c1-16-9-5-10-11(19-7-18-10)6-12(9)20-14(16)15-13(17)8-3-2-4-8/h5-6,8H,2-4,7H2,1H3. The Bertz CT molecular complexity index is 771. The van der Waals surface area contributed by atoms with Crippen LogP contribution in [0.2, 0.25) is 0 Å². The highest BCUT2D eigenvalue weighted by molar-refractivity contribution is 7.16. The van der Waals surface area contributed by atoms with Gasteiger partial charge in [0.2, 0.25) is 6.79 Å². The van der Waals surface area contributed by atoms with Crippen LogP contribution in [0.4, 0.5) is 0 Å². The van der Waals surface area contributed by atoms with E-state index in [0.29, 0.717) is 0 Å². The Morgan fingerprint density at radius 1 is 1.35 bits per heavy atom. The van der Waals surface area contributed by atoms with E-state index in [2.05, 4.69) is 4.99 Å². The molecular weight excluding hydrogens is 276 g/mol. The van der Waals surface area contributed by atoms with E-state index in [9.17, 15) is 4.79 Å². The number of thiazole rings is 1. The van der Waals surface area contributed by atoms with E-state index in [1.54, 1.807) is 0 Å². The topological polar surface area (TPSA) is 52.8 Å². The van der Waals surface area contributed by atoms with Gasteiger partial charge in [-0.3, -0.25) is 4.79 Å². The molecule has 2 aromatic rings. The van der Waals surface area contributed by atoms with Gasteiger partial charge in [0.15, 0.2) is 16.3 Å². The Morgan fingerprint density at radius 2 is 2.10 bits per heavy atom. The zero-order valence-electron chi connectivity index (χ0n) is 11.1. The summed E-state index contributed by atoms with van der Waals surface area (Å²) in [6, 6.07) is 3.90. The van der Waals surface area contributed by atoms with Crippen molar-refractivity contribution in [2.24, 2.45) is 18.0 Å². The molecule has 1 fully saturated rings. The largest absolute Gasteiger partial charge is 0.454 e. The number of ether oxygens (including phenoxy) is 2. The third-order valence-electron chi connectivity index (χ3n) is 3.96. The van der Waals surface area contributed by atoms with E-state index >= 15 is 0 Å². The molecule has 0 spiro atoms. The number of nitrogens with zero attached hydrogens (tertiary/aromatic N) is 2. The van der Waals surface area contributed by atoms with Gasteiger partial charge >= 0.3 is 0 Å². The van der Waals surface area contributed by atoms with Crippen LogP contribution in [0.1, 0.15) is 19.3 Å². The summed E-state index contributed by atoms with van der Waals surface area (Å²) in [5, 5.41) is 0. The van der Waals surface area contributed by atoms with Gasteiger partial charge in [0, 0.05) is 25.1 Å². The molecule has 0 unspecified atom stereocenters. The molecule has 1 saturated carbocycles. The van der Waals surface area contributed by atoms with Crippen molar-refractivity contribution < 1.29 is 14.3 Å². The monoisotopic (exact) mass is 290 g/mol. The summed E-state index contributed by atoms with van der Waals surface area (Å²) in [6.07, 6.45) is 3.10. The van der Waals surface area contributed by atoms with Crippen LogP contribution >= 0.6 is 11.3 Å². The molecule has 0 saturated heterocycles. The lowest BCUT2D eigenvalue weighted by molar-refractivity contribution is -0.124. The first kappa shape index (κ1) is 12.0. The van der Waals surface area contributed by atoms with Crippen molar-refractivity contribution in [3.63, 3.8) is 0 Å². The highest BCUT2D eigenvalue weighted by Gasteiger charge is 2.25. The SMILES string of the molecule is Cn1c(=NC(=O)C2CCC2)sc2cc3c(cc21)OCO3. The fourth-order valence-electron chi connectivity index (χ4n) is 2.46. The maximum absolute atomic E-state index is 12.0. The number of rotatable bonds is 1. The predicted molar refractivity (Wildman–Crippen MR) is 74.8 cm³/mol. The molecule has 0 radical (unpaired) electrons. The summed E-state index contributed by atoms with van der Waals surface area (Å²) in [5.41, 5.74) is 1.01. The second-order valence-electron chi connectivity index (χ2n) is 5.19. The number of carbonyl (C=O) groups is 1. The summed E-state index contributed by atoms with van der Waals surface area (Å²) in [5.74, 6) is 1.66. The van der Waals surface area contributed by atoms with Gasteiger partial charge in [0.25, 0.3) is 5.91 Å². The molecule has 0 N–H and O–H groups in total. The number of amides is 1. The fraction of sp³-hybridized carbons (Fsp3) is 0.429. The zero-order valence-corrected chi connectivity index (χ0v) is 11.9. The predicted octanol–water partition coefficient (Wildman–Crippen LogP) is 2.20. The molecule has 2 heterocycles. The summed E-state index contributed by atoms with van der Waals surface area (Å²) >= 11 is 1.51. The molecule has 0 bridgehead atoms. The highest BCUT2D eigenvalue weighted by Crippen LogP contribution is 2.36. The van der Waals surface area contributed by atoms with Crippen molar-refractivity contribution >= 4 is 27.5 Å². The van der Waals surface area contributed by atoms with Crippen LogP contribution in [-0.2, 0) is 11.8 Å². The van der Waals surface area contributed by atoms with Gasteiger partial charge < -0.3 is 14.0 Å². The molecule has 1 aliphatic carbocycles. The van der Waals surface area contributed by atoms with Gasteiger partial charge in [-0.15, -0.1) is 0 Å². The van der Waals surface area contributed by atoms with Crippen molar-refractivity contribution in [2.75, 3.05) is 6.79 Å². The van der Waals surface area contributed by atoms with Crippen LogP contribution < -0.4 is 14.3 Å². The Morgan fingerprint density at radius 3 is 2.80 bits per heavy atom. The molecular formula is C14H14N2O3S. The van der Waals surface area contributed by atoms with Crippen molar-refractivity contribution in [3.8, 4) is 11.5 Å². The van der Waals surface area contributed by atoms with E-state index in [1.165, 1.54) is 11.3 Å². The van der Waals surface area contributed by atoms with E-state index in [4.69, 9.17) is 9.47 Å². The molecule has 1 aromatic carbocycles. The first-order valence-corrected chi connectivity index (χ1v) is 7.52. The van der Waals surface area contributed by atoms with Crippen molar-refractivity contribution in [2.45, 2.75) is 19.3 Å². The Labute approximate surface area is 119 Å². The summed E-state index contributed by atoms with van der Waals surface area (Å²) in [4.78, 5) is 17.0. The number of carbonyl (C=O) groups excluding carboxylic acids is 1. The van der Waals surface area contributed by atoms with Gasteiger partial charge in [-0.1, -0.05) is 17.8 Å². The maximum Gasteiger partial charge on any atom is 0.251 e. The first-order chi connectivity index (χ1) is 9.72. The van der Waals surface area contributed by atoms with Crippen LogP contribution in [0, 0.1) is 5.92 Å². The average Bonchev–Trinajstić information content (AvgIpc) is 2.91. The lowest BCUT2D eigenvalue weighted by atomic mass is 9.85. The Hall–Kier alpha value is -1.82. The van der Waals surface area contributed by atoms with Crippen molar-refractivity contribution in [1.29, 1.82) is 0 Å². The third-order valence-corrected chi connectivity index (χ3v) is 5.06. The number of benzene rings is 1. The summed E-state index contributed by atoms with van der Waals surface area (Å²) in [7, 11) is 1.92. The Balaban J connectivity index is 1.82. The second kappa shape index (κ2) is 4.34. The highest BCUT2D eigenvalue weighted by atomic mass is 32.1. The first-order valence-electron chi connectivity index (χ1n) is 6.70. The van der Waals surface area contributed by atoms with Crippen molar-refractivity contribution in [1.82, 2.24) is 4.57 Å². The minimum atomic E-state index is 0.0125. The smallest absolute Gasteiger partial charge is 0.251 e. The van der Waals surface area contributed by atoms with Gasteiger partial charge in [-0.2, -0.15) is 4.99 Å². The normalized spacial score (nSPS) is 18.6. The van der Waals surface area contributed by atoms with Crippen LogP contribution in [-0.4, -0.2) is 17.3 Å². The van der Waals surface area contributed by atoms with Crippen LogP contribution in [0.15, 0.2) is 17.1 Å². The molecule has 1 aromatic heterocycles. The van der Waals surface area contributed by atoms with E-state index in [0.717, 1.165) is 45.8 Å².